The predicted molar refractivity (Wildman–Crippen MR) is 86.1 cm³/mol. The Kier molecular flexibility index (Phi) is 8.52. The zero-order valence-corrected chi connectivity index (χ0v) is 13.5. The fourth-order valence-corrected chi connectivity index (χ4v) is 2.67. The Labute approximate surface area is 127 Å². The summed E-state index contributed by atoms with van der Waals surface area (Å²) in [7, 11) is 0. The van der Waals surface area contributed by atoms with Gasteiger partial charge in [-0.3, -0.25) is 0 Å². The fraction of sp³-hybridized carbons (Fsp3) is 0.625. The summed E-state index contributed by atoms with van der Waals surface area (Å²) in [6.45, 7) is 6.48. The van der Waals surface area contributed by atoms with Crippen molar-refractivity contribution in [2.24, 2.45) is 5.92 Å². The van der Waals surface area contributed by atoms with Crippen LogP contribution in [0.1, 0.15) is 51.5 Å². The molecular weight excluding hydrogens is 277 g/mol. The molecule has 0 saturated heterocycles. The molecule has 0 fully saturated rings. The minimum absolute atomic E-state index is 0.706. The lowest BCUT2D eigenvalue weighted by Gasteiger charge is -2.07. The number of hydrogen-bond acceptors (Lipinski definition) is 1. The first kappa shape index (κ1) is 16.8. The summed E-state index contributed by atoms with van der Waals surface area (Å²) in [5, 5.41) is 4.85. The molecule has 0 aliphatic heterocycles. The van der Waals surface area contributed by atoms with E-state index in [9.17, 15) is 0 Å². The van der Waals surface area contributed by atoms with Crippen molar-refractivity contribution in [2.45, 2.75) is 52.5 Å². The SMILES string of the molecule is CC(C)CCCCCCNCc1cc(Cl)cc(Cl)c1. The molecule has 108 valence electrons. The Balaban J connectivity index is 2.04. The van der Waals surface area contributed by atoms with Crippen molar-refractivity contribution in [2.75, 3.05) is 6.54 Å². The molecule has 1 nitrogen and oxygen atoms in total. The zero-order chi connectivity index (χ0) is 14.1. The van der Waals surface area contributed by atoms with E-state index >= 15 is 0 Å². The van der Waals surface area contributed by atoms with E-state index in [1.165, 1.54) is 32.1 Å². The summed E-state index contributed by atoms with van der Waals surface area (Å²) in [6.07, 6.45) is 6.63. The van der Waals surface area contributed by atoms with Crippen LogP contribution in [0.2, 0.25) is 10.0 Å². The first-order chi connectivity index (χ1) is 9.08. The maximum absolute atomic E-state index is 5.96. The number of nitrogens with one attached hydrogen (secondary N) is 1. The second-order valence-electron chi connectivity index (χ2n) is 5.55. The van der Waals surface area contributed by atoms with Crippen LogP contribution in [0.25, 0.3) is 0 Å². The van der Waals surface area contributed by atoms with Gasteiger partial charge in [0.25, 0.3) is 0 Å². The smallest absolute Gasteiger partial charge is 0.0424 e. The highest BCUT2D eigenvalue weighted by molar-refractivity contribution is 6.34. The van der Waals surface area contributed by atoms with Crippen LogP contribution in [-0.4, -0.2) is 6.54 Å². The number of hydrogen-bond donors (Lipinski definition) is 1. The van der Waals surface area contributed by atoms with Crippen molar-refractivity contribution in [1.82, 2.24) is 5.32 Å². The van der Waals surface area contributed by atoms with Crippen molar-refractivity contribution in [3.63, 3.8) is 0 Å². The van der Waals surface area contributed by atoms with Crippen LogP contribution in [-0.2, 0) is 6.54 Å². The second kappa shape index (κ2) is 9.63. The van der Waals surface area contributed by atoms with Crippen LogP contribution in [0.15, 0.2) is 18.2 Å². The molecule has 3 heteroatoms. The van der Waals surface area contributed by atoms with E-state index in [1.807, 2.05) is 12.1 Å². The van der Waals surface area contributed by atoms with Crippen LogP contribution >= 0.6 is 23.2 Å². The maximum Gasteiger partial charge on any atom is 0.0424 e. The summed E-state index contributed by atoms with van der Waals surface area (Å²) in [5.74, 6) is 0.839. The van der Waals surface area contributed by atoms with Crippen molar-refractivity contribution in [3.05, 3.63) is 33.8 Å². The van der Waals surface area contributed by atoms with Gasteiger partial charge in [0.1, 0.15) is 0 Å². The Morgan fingerprint density at radius 2 is 1.58 bits per heavy atom. The second-order valence-corrected chi connectivity index (χ2v) is 6.42. The first-order valence-electron chi connectivity index (χ1n) is 7.23. The summed E-state index contributed by atoms with van der Waals surface area (Å²) in [6, 6.07) is 5.69. The van der Waals surface area contributed by atoms with Gasteiger partial charge < -0.3 is 5.32 Å². The van der Waals surface area contributed by atoms with Crippen LogP contribution < -0.4 is 5.32 Å². The van der Waals surface area contributed by atoms with Gasteiger partial charge in [-0.05, 0) is 42.6 Å². The fourth-order valence-electron chi connectivity index (χ4n) is 2.10. The van der Waals surface area contributed by atoms with E-state index in [0.29, 0.717) is 10.0 Å². The lowest BCUT2D eigenvalue weighted by atomic mass is 10.0. The molecule has 0 aliphatic rings. The van der Waals surface area contributed by atoms with Crippen LogP contribution in [0.5, 0.6) is 0 Å². The minimum atomic E-state index is 0.706. The summed E-state index contributed by atoms with van der Waals surface area (Å²) < 4.78 is 0. The van der Waals surface area contributed by atoms with Crippen molar-refractivity contribution in [1.29, 1.82) is 0 Å². The zero-order valence-electron chi connectivity index (χ0n) is 12.0. The Hall–Kier alpha value is -0.240. The molecule has 0 heterocycles. The Morgan fingerprint density at radius 3 is 2.21 bits per heavy atom. The highest BCUT2D eigenvalue weighted by atomic mass is 35.5. The monoisotopic (exact) mass is 301 g/mol. The molecule has 1 aromatic rings. The number of halogens is 2. The summed E-state index contributed by atoms with van der Waals surface area (Å²) >= 11 is 11.9. The van der Waals surface area contributed by atoms with Gasteiger partial charge in [0.05, 0.1) is 0 Å². The summed E-state index contributed by atoms with van der Waals surface area (Å²) in [5.41, 5.74) is 1.15. The largest absolute Gasteiger partial charge is 0.313 e. The molecule has 19 heavy (non-hydrogen) atoms. The molecule has 0 unspecified atom stereocenters. The van der Waals surface area contributed by atoms with E-state index in [2.05, 4.69) is 19.2 Å². The van der Waals surface area contributed by atoms with E-state index in [-0.39, 0.29) is 0 Å². The van der Waals surface area contributed by atoms with Crippen molar-refractivity contribution in [3.8, 4) is 0 Å². The highest BCUT2D eigenvalue weighted by Crippen LogP contribution is 2.18. The predicted octanol–water partition coefficient (Wildman–Crippen LogP) is 5.69. The van der Waals surface area contributed by atoms with Gasteiger partial charge in [0.15, 0.2) is 0 Å². The molecule has 0 bridgehead atoms. The molecule has 0 spiro atoms. The molecule has 0 radical (unpaired) electrons. The molecule has 0 atom stereocenters. The van der Waals surface area contributed by atoms with E-state index in [1.54, 1.807) is 6.07 Å². The topological polar surface area (TPSA) is 12.0 Å². The van der Waals surface area contributed by atoms with Gasteiger partial charge in [-0.1, -0.05) is 62.7 Å². The third-order valence-corrected chi connectivity index (χ3v) is 3.57. The van der Waals surface area contributed by atoms with E-state index in [4.69, 9.17) is 23.2 Å². The first-order valence-corrected chi connectivity index (χ1v) is 7.99. The lowest BCUT2D eigenvalue weighted by Crippen LogP contribution is -2.14. The standard InChI is InChI=1S/C16H25Cl2N/c1-13(2)7-5-3-4-6-8-19-12-14-9-15(17)11-16(18)10-14/h9-11,13,19H,3-8,12H2,1-2H3. The van der Waals surface area contributed by atoms with Gasteiger partial charge in [0.2, 0.25) is 0 Å². The van der Waals surface area contributed by atoms with Gasteiger partial charge in [-0.25, -0.2) is 0 Å². The number of unbranched alkanes of at least 4 members (excludes halogenated alkanes) is 3. The quantitative estimate of drug-likeness (QED) is 0.578. The van der Waals surface area contributed by atoms with Gasteiger partial charge in [-0.2, -0.15) is 0 Å². The number of rotatable bonds is 9. The van der Waals surface area contributed by atoms with Crippen LogP contribution in [0, 0.1) is 5.92 Å². The normalized spacial score (nSPS) is 11.2. The average Bonchev–Trinajstić information content (AvgIpc) is 2.31. The summed E-state index contributed by atoms with van der Waals surface area (Å²) in [4.78, 5) is 0. The highest BCUT2D eigenvalue weighted by Gasteiger charge is 1.98. The molecule has 0 aliphatic carbocycles. The number of benzene rings is 1. The maximum atomic E-state index is 5.96. The van der Waals surface area contributed by atoms with Crippen molar-refractivity contribution < 1.29 is 0 Å². The molecular formula is C16H25Cl2N. The van der Waals surface area contributed by atoms with Gasteiger partial charge >= 0.3 is 0 Å². The van der Waals surface area contributed by atoms with Gasteiger partial charge in [0, 0.05) is 16.6 Å². The van der Waals surface area contributed by atoms with Gasteiger partial charge in [-0.15, -0.1) is 0 Å². The lowest BCUT2D eigenvalue weighted by molar-refractivity contribution is 0.512. The molecule has 1 rings (SSSR count). The third-order valence-electron chi connectivity index (χ3n) is 3.14. The van der Waals surface area contributed by atoms with Crippen molar-refractivity contribution >= 4 is 23.2 Å². The minimum Gasteiger partial charge on any atom is -0.313 e. The molecule has 1 aromatic carbocycles. The molecule has 1 N–H and O–H groups in total. The molecule has 0 aromatic heterocycles. The third kappa shape index (κ3) is 8.52. The molecule has 0 amide bonds. The molecule has 0 saturated carbocycles. The Bertz CT molecular complexity index is 344. The Morgan fingerprint density at radius 1 is 0.947 bits per heavy atom. The average molecular weight is 302 g/mol. The van der Waals surface area contributed by atoms with Crippen LogP contribution in [0.4, 0.5) is 0 Å². The van der Waals surface area contributed by atoms with E-state index < -0.39 is 0 Å². The van der Waals surface area contributed by atoms with Crippen LogP contribution in [0.3, 0.4) is 0 Å². The van der Waals surface area contributed by atoms with E-state index in [0.717, 1.165) is 24.6 Å².